The molecule has 216 valence electrons. The van der Waals surface area contributed by atoms with Gasteiger partial charge in [0.1, 0.15) is 12.4 Å². The minimum atomic E-state index is -2.19. The van der Waals surface area contributed by atoms with Gasteiger partial charge in [0, 0.05) is 25.0 Å². The Balaban J connectivity index is 1.62. The van der Waals surface area contributed by atoms with E-state index in [0.29, 0.717) is 29.8 Å². The van der Waals surface area contributed by atoms with Crippen molar-refractivity contribution in [3.05, 3.63) is 102 Å². The van der Waals surface area contributed by atoms with Crippen molar-refractivity contribution < 1.29 is 14.3 Å². The molecule has 0 saturated carbocycles. The zero-order chi connectivity index (χ0) is 28.9. The molecule has 0 aliphatic carbocycles. The van der Waals surface area contributed by atoms with E-state index in [0.717, 1.165) is 23.4 Å². The Bertz CT molecular complexity index is 1140. The van der Waals surface area contributed by atoms with Crippen LogP contribution in [0, 0.1) is 0 Å². The van der Waals surface area contributed by atoms with Gasteiger partial charge in [-0.3, -0.25) is 4.90 Å². The Morgan fingerprint density at radius 3 is 1.85 bits per heavy atom. The number of aliphatic hydroxyl groups is 1. The van der Waals surface area contributed by atoms with Crippen molar-refractivity contribution in [3.63, 3.8) is 0 Å². The minimum absolute atomic E-state index is 0.0921. The van der Waals surface area contributed by atoms with E-state index >= 15 is 0 Å². The van der Waals surface area contributed by atoms with E-state index < -0.39 is 14.4 Å². The number of benzene rings is 3. The van der Waals surface area contributed by atoms with Crippen LogP contribution in [0.3, 0.4) is 0 Å². The molecule has 0 unspecified atom stereocenters. The van der Waals surface area contributed by atoms with Crippen LogP contribution in [0.1, 0.15) is 77.1 Å². The van der Waals surface area contributed by atoms with E-state index in [-0.39, 0.29) is 18.1 Å². The molecule has 0 bridgehead atoms. The number of β-amino-alcohol motifs (C(OH)–C–C–N with tert-alkyl or cyclic N) is 1. The molecule has 0 amide bonds. The molecule has 1 aliphatic rings. The first-order valence-corrected chi connectivity index (χ1v) is 17.2. The first-order valence-electron chi connectivity index (χ1n) is 15.0. The monoisotopic (exact) mass is 559 g/mol. The van der Waals surface area contributed by atoms with E-state index in [2.05, 4.69) is 108 Å². The molecule has 4 rings (SSSR count). The fraction of sp³-hybridized carbons (Fsp3) is 0.486. The predicted molar refractivity (Wildman–Crippen MR) is 168 cm³/mol. The van der Waals surface area contributed by atoms with E-state index in [1.165, 1.54) is 5.56 Å². The SMILES string of the molecule is CC(C)[Si](O[C@@H]1CN([C@H](C)c2ccccc2)C[C@H](O)[C@H]1c1ccc(OCc2ccccc2)cc1)(C(C)C)C(C)C. The second-order valence-corrected chi connectivity index (χ2v) is 17.9. The third-order valence-corrected chi connectivity index (χ3v) is 15.2. The van der Waals surface area contributed by atoms with Crippen molar-refractivity contribution in [2.24, 2.45) is 0 Å². The molecule has 40 heavy (non-hydrogen) atoms. The van der Waals surface area contributed by atoms with Crippen LogP contribution in [0.5, 0.6) is 5.75 Å². The zero-order valence-corrected chi connectivity index (χ0v) is 26.5. The van der Waals surface area contributed by atoms with Crippen LogP contribution in [-0.4, -0.2) is 43.6 Å². The molecular formula is C35H49NO3Si. The van der Waals surface area contributed by atoms with E-state index in [9.17, 15) is 5.11 Å². The van der Waals surface area contributed by atoms with Gasteiger partial charge in [-0.25, -0.2) is 0 Å². The summed E-state index contributed by atoms with van der Waals surface area (Å²) in [6.45, 7) is 18.2. The maximum absolute atomic E-state index is 11.8. The molecule has 5 heteroatoms. The van der Waals surface area contributed by atoms with Gasteiger partial charge in [0.15, 0.2) is 0 Å². The fourth-order valence-corrected chi connectivity index (χ4v) is 12.6. The van der Waals surface area contributed by atoms with Crippen LogP contribution >= 0.6 is 0 Å². The molecule has 1 saturated heterocycles. The molecule has 1 aliphatic heterocycles. The number of ether oxygens (including phenoxy) is 1. The summed E-state index contributed by atoms with van der Waals surface area (Å²) in [6.07, 6.45) is -0.621. The topological polar surface area (TPSA) is 41.9 Å². The summed E-state index contributed by atoms with van der Waals surface area (Å²) < 4.78 is 13.5. The summed E-state index contributed by atoms with van der Waals surface area (Å²) in [5.74, 6) is 0.746. The van der Waals surface area contributed by atoms with Gasteiger partial charge in [0.2, 0.25) is 8.32 Å². The van der Waals surface area contributed by atoms with Crippen LogP contribution in [0.2, 0.25) is 16.6 Å². The van der Waals surface area contributed by atoms with Gasteiger partial charge in [-0.15, -0.1) is 0 Å². The highest BCUT2D eigenvalue weighted by atomic mass is 28.4. The maximum atomic E-state index is 11.8. The molecule has 1 fully saturated rings. The third kappa shape index (κ3) is 6.71. The summed E-state index contributed by atoms with van der Waals surface area (Å²) in [4.78, 5) is 2.42. The zero-order valence-electron chi connectivity index (χ0n) is 25.5. The minimum Gasteiger partial charge on any atom is -0.489 e. The summed E-state index contributed by atoms with van der Waals surface area (Å²) >= 11 is 0. The Morgan fingerprint density at radius 2 is 1.30 bits per heavy atom. The van der Waals surface area contributed by atoms with Gasteiger partial charge in [-0.05, 0) is 52.4 Å². The molecule has 1 heterocycles. The number of hydrogen-bond donors (Lipinski definition) is 1. The van der Waals surface area contributed by atoms with Crippen molar-refractivity contribution in [1.29, 1.82) is 0 Å². The van der Waals surface area contributed by atoms with Crippen LogP contribution in [-0.2, 0) is 11.0 Å². The Labute approximate surface area is 243 Å². The normalized spacial score (nSPS) is 21.2. The largest absolute Gasteiger partial charge is 0.489 e. The lowest BCUT2D eigenvalue weighted by Gasteiger charge is -2.51. The van der Waals surface area contributed by atoms with Crippen molar-refractivity contribution in [3.8, 4) is 5.75 Å². The standard InChI is InChI=1S/C35H49NO3Si/c1-25(2)40(26(3)4,27(5)6)39-34-23-36(28(7)30-16-12-9-13-17-30)22-33(37)35(34)31-18-20-32(21-19-31)38-24-29-14-10-8-11-15-29/h8-21,25-28,33-35,37H,22-24H2,1-7H3/t28-,33+,34-,35-/m1/s1. The van der Waals surface area contributed by atoms with Crippen molar-refractivity contribution in [2.75, 3.05) is 13.1 Å². The van der Waals surface area contributed by atoms with E-state index in [1.54, 1.807) is 0 Å². The number of nitrogens with zero attached hydrogens (tertiary/aromatic N) is 1. The molecule has 0 aromatic heterocycles. The molecule has 0 spiro atoms. The van der Waals surface area contributed by atoms with Crippen LogP contribution < -0.4 is 4.74 Å². The average Bonchev–Trinajstić information content (AvgIpc) is 2.95. The van der Waals surface area contributed by atoms with Crippen molar-refractivity contribution in [1.82, 2.24) is 4.90 Å². The molecule has 3 aromatic rings. The number of rotatable bonds is 11. The van der Waals surface area contributed by atoms with Gasteiger partial charge < -0.3 is 14.3 Å². The molecule has 0 radical (unpaired) electrons. The van der Waals surface area contributed by atoms with Crippen LogP contribution in [0.15, 0.2) is 84.9 Å². The lowest BCUT2D eigenvalue weighted by atomic mass is 9.84. The summed E-state index contributed by atoms with van der Waals surface area (Å²) in [5, 5.41) is 11.8. The van der Waals surface area contributed by atoms with E-state index in [1.807, 2.05) is 30.3 Å². The van der Waals surface area contributed by atoms with Gasteiger partial charge in [-0.2, -0.15) is 0 Å². The molecular weight excluding hydrogens is 510 g/mol. The van der Waals surface area contributed by atoms with Gasteiger partial charge >= 0.3 is 0 Å². The Kier molecular flexibility index (Phi) is 10.3. The van der Waals surface area contributed by atoms with E-state index in [4.69, 9.17) is 9.16 Å². The number of piperidine rings is 1. The third-order valence-electron chi connectivity index (χ3n) is 9.06. The quantitative estimate of drug-likeness (QED) is 0.240. The van der Waals surface area contributed by atoms with Crippen molar-refractivity contribution >= 4 is 8.32 Å². The first kappa shape index (κ1) is 30.5. The summed E-state index contributed by atoms with van der Waals surface area (Å²) in [7, 11) is -2.19. The van der Waals surface area contributed by atoms with Gasteiger partial charge in [-0.1, -0.05) is 114 Å². The number of aliphatic hydroxyl groups excluding tert-OH is 1. The summed E-state index contributed by atoms with van der Waals surface area (Å²) in [6, 6.07) is 29.4. The molecule has 1 N–H and O–H groups in total. The maximum Gasteiger partial charge on any atom is 0.200 e. The van der Waals surface area contributed by atoms with Gasteiger partial charge in [0.25, 0.3) is 0 Å². The lowest BCUT2D eigenvalue weighted by Crippen LogP contribution is -2.58. The number of hydrogen-bond acceptors (Lipinski definition) is 4. The number of likely N-dealkylation sites (tertiary alicyclic amines) is 1. The molecule has 4 nitrogen and oxygen atoms in total. The highest BCUT2D eigenvalue weighted by Crippen LogP contribution is 2.46. The average molecular weight is 560 g/mol. The molecule has 3 aromatic carbocycles. The predicted octanol–water partition coefficient (Wildman–Crippen LogP) is 8.35. The van der Waals surface area contributed by atoms with Crippen LogP contribution in [0.25, 0.3) is 0 Å². The van der Waals surface area contributed by atoms with Crippen LogP contribution in [0.4, 0.5) is 0 Å². The smallest absolute Gasteiger partial charge is 0.200 e. The Hall–Kier alpha value is -2.44. The van der Waals surface area contributed by atoms with Gasteiger partial charge in [0.05, 0.1) is 12.2 Å². The van der Waals surface area contributed by atoms with Crippen molar-refractivity contribution in [2.45, 2.75) is 95.9 Å². The highest BCUT2D eigenvalue weighted by molar-refractivity contribution is 6.77. The lowest BCUT2D eigenvalue weighted by molar-refractivity contribution is -0.0381. The Morgan fingerprint density at radius 1 is 0.750 bits per heavy atom. The second kappa shape index (κ2) is 13.5. The second-order valence-electron chi connectivity index (χ2n) is 12.5. The fourth-order valence-electron chi connectivity index (χ4n) is 7.02. The summed E-state index contributed by atoms with van der Waals surface area (Å²) in [5.41, 5.74) is 4.96. The highest BCUT2D eigenvalue weighted by Gasteiger charge is 2.50. The first-order chi connectivity index (χ1) is 19.1. The molecule has 4 atom stereocenters.